The van der Waals surface area contributed by atoms with Gasteiger partial charge in [-0.2, -0.15) is 0 Å². The van der Waals surface area contributed by atoms with Crippen molar-refractivity contribution < 1.29 is 9.53 Å². The second-order valence-electron chi connectivity index (χ2n) is 4.42. The molecule has 3 fully saturated rings. The minimum atomic E-state index is -0.286. The number of ether oxygens (including phenoxy) is 1. The molecule has 0 radical (unpaired) electrons. The number of ketones is 1. The van der Waals surface area contributed by atoms with Gasteiger partial charge >= 0.3 is 0 Å². The standard InChI is InChI=1S/C10H14O2/c11-9-7-6-8(7)12-10(9)4-2-1-3-5-10/h7-8H,1-6H2. The Morgan fingerprint density at radius 2 is 2.00 bits per heavy atom. The van der Waals surface area contributed by atoms with Gasteiger partial charge in [0.25, 0.3) is 0 Å². The van der Waals surface area contributed by atoms with E-state index in [-0.39, 0.29) is 5.60 Å². The molecule has 0 aromatic rings. The molecule has 0 aromatic heterocycles. The van der Waals surface area contributed by atoms with Crippen molar-refractivity contribution in [3.8, 4) is 0 Å². The van der Waals surface area contributed by atoms with Crippen LogP contribution in [0.5, 0.6) is 0 Å². The quantitative estimate of drug-likeness (QED) is 0.547. The number of carbonyl (C=O) groups is 1. The lowest BCUT2D eigenvalue weighted by molar-refractivity contribution is -0.140. The molecule has 2 unspecified atom stereocenters. The molecule has 1 heterocycles. The molecule has 1 saturated heterocycles. The lowest BCUT2D eigenvalue weighted by Gasteiger charge is -2.32. The maximum absolute atomic E-state index is 11.8. The molecular weight excluding hydrogens is 152 g/mol. The first-order valence-electron chi connectivity index (χ1n) is 5.04. The molecule has 2 saturated carbocycles. The zero-order chi connectivity index (χ0) is 8.18. The smallest absolute Gasteiger partial charge is 0.170 e. The van der Waals surface area contributed by atoms with E-state index in [1.165, 1.54) is 19.3 Å². The molecule has 1 spiro atoms. The van der Waals surface area contributed by atoms with Crippen molar-refractivity contribution in [1.29, 1.82) is 0 Å². The Morgan fingerprint density at radius 1 is 1.25 bits per heavy atom. The summed E-state index contributed by atoms with van der Waals surface area (Å²) in [4.78, 5) is 11.8. The first-order valence-corrected chi connectivity index (χ1v) is 5.04. The van der Waals surface area contributed by atoms with Crippen LogP contribution in [0.2, 0.25) is 0 Å². The summed E-state index contributed by atoms with van der Waals surface area (Å²) in [5.74, 6) is 0.746. The minimum Gasteiger partial charge on any atom is -0.363 e. The summed E-state index contributed by atoms with van der Waals surface area (Å²) < 4.78 is 5.83. The van der Waals surface area contributed by atoms with E-state index in [1.54, 1.807) is 0 Å². The van der Waals surface area contributed by atoms with Crippen LogP contribution < -0.4 is 0 Å². The van der Waals surface area contributed by atoms with Gasteiger partial charge in [-0.05, 0) is 19.3 Å². The molecule has 2 atom stereocenters. The van der Waals surface area contributed by atoms with Crippen LogP contribution in [0.4, 0.5) is 0 Å². The number of carbonyl (C=O) groups excluding carboxylic acids is 1. The monoisotopic (exact) mass is 166 g/mol. The third kappa shape index (κ3) is 0.764. The van der Waals surface area contributed by atoms with E-state index in [1.807, 2.05) is 0 Å². The minimum absolute atomic E-state index is 0.286. The van der Waals surface area contributed by atoms with E-state index in [2.05, 4.69) is 0 Å². The molecule has 2 aliphatic carbocycles. The average Bonchev–Trinajstić information content (AvgIpc) is 2.79. The first-order chi connectivity index (χ1) is 5.82. The highest BCUT2D eigenvalue weighted by Crippen LogP contribution is 2.52. The highest BCUT2D eigenvalue weighted by molar-refractivity contribution is 5.94. The van der Waals surface area contributed by atoms with Gasteiger partial charge in [-0.1, -0.05) is 19.3 Å². The van der Waals surface area contributed by atoms with Crippen molar-refractivity contribution in [3.63, 3.8) is 0 Å². The predicted molar refractivity (Wildman–Crippen MR) is 43.8 cm³/mol. The van der Waals surface area contributed by atoms with Crippen LogP contribution in [-0.4, -0.2) is 17.5 Å². The Labute approximate surface area is 72.3 Å². The van der Waals surface area contributed by atoms with E-state index in [0.29, 0.717) is 17.8 Å². The summed E-state index contributed by atoms with van der Waals surface area (Å²) in [6.07, 6.45) is 7.00. The third-order valence-electron chi connectivity index (χ3n) is 3.56. The van der Waals surface area contributed by atoms with Gasteiger partial charge in [0, 0.05) is 5.92 Å². The Bertz CT molecular complexity index is 228. The topological polar surface area (TPSA) is 26.3 Å². The lowest BCUT2D eigenvalue weighted by atomic mass is 9.81. The molecule has 0 aromatic carbocycles. The second-order valence-corrected chi connectivity index (χ2v) is 4.42. The van der Waals surface area contributed by atoms with Crippen LogP contribution >= 0.6 is 0 Å². The molecule has 0 bridgehead atoms. The van der Waals surface area contributed by atoms with Gasteiger partial charge in [0.15, 0.2) is 5.78 Å². The van der Waals surface area contributed by atoms with Crippen molar-refractivity contribution in [2.75, 3.05) is 0 Å². The summed E-state index contributed by atoms with van der Waals surface area (Å²) in [5, 5.41) is 0. The van der Waals surface area contributed by atoms with Crippen molar-refractivity contribution >= 4 is 5.78 Å². The highest BCUT2D eigenvalue weighted by atomic mass is 16.5. The van der Waals surface area contributed by atoms with E-state index in [4.69, 9.17) is 4.74 Å². The molecule has 2 heteroatoms. The molecule has 3 rings (SSSR count). The molecule has 66 valence electrons. The summed E-state index contributed by atoms with van der Waals surface area (Å²) in [5.41, 5.74) is -0.286. The van der Waals surface area contributed by atoms with Crippen molar-refractivity contribution in [2.24, 2.45) is 5.92 Å². The molecule has 2 nitrogen and oxygen atoms in total. The van der Waals surface area contributed by atoms with E-state index < -0.39 is 0 Å². The fraction of sp³-hybridized carbons (Fsp3) is 0.900. The van der Waals surface area contributed by atoms with Gasteiger partial charge in [-0.3, -0.25) is 4.79 Å². The molecule has 12 heavy (non-hydrogen) atoms. The predicted octanol–water partition coefficient (Wildman–Crippen LogP) is 1.68. The summed E-state index contributed by atoms with van der Waals surface area (Å²) in [6, 6.07) is 0. The van der Waals surface area contributed by atoms with E-state index in [0.717, 1.165) is 19.3 Å². The Hall–Kier alpha value is -0.370. The third-order valence-corrected chi connectivity index (χ3v) is 3.56. The Kier molecular flexibility index (Phi) is 1.24. The summed E-state index contributed by atoms with van der Waals surface area (Å²) in [6.45, 7) is 0. The summed E-state index contributed by atoms with van der Waals surface area (Å²) >= 11 is 0. The maximum atomic E-state index is 11.8. The number of rotatable bonds is 0. The van der Waals surface area contributed by atoms with Gasteiger partial charge < -0.3 is 4.74 Å². The van der Waals surface area contributed by atoms with Gasteiger partial charge in [0.05, 0.1) is 6.10 Å². The molecular formula is C10H14O2. The van der Waals surface area contributed by atoms with Crippen LogP contribution in [-0.2, 0) is 9.53 Å². The second kappa shape index (κ2) is 2.11. The largest absolute Gasteiger partial charge is 0.363 e. The molecule has 0 N–H and O–H groups in total. The normalized spacial score (nSPS) is 43.2. The van der Waals surface area contributed by atoms with Gasteiger partial charge in [0.1, 0.15) is 5.60 Å². The lowest BCUT2D eigenvalue weighted by Crippen LogP contribution is -2.40. The van der Waals surface area contributed by atoms with Crippen molar-refractivity contribution in [3.05, 3.63) is 0 Å². The van der Waals surface area contributed by atoms with Gasteiger partial charge in [-0.15, -0.1) is 0 Å². The SMILES string of the molecule is O=C1C2CC2OC12CCCCC2. The van der Waals surface area contributed by atoms with Crippen LogP contribution in [0, 0.1) is 5.92 Å². The molecule has 1 aliphatic heterocycles. The van der Waals surface area contributed by atoms with Crippen LogP contribution in [0.25, 0.3) is 0 Å². The fourth-order valence-electron chi connectivity index (χ4n) is 2.75. The Morgan fingerprint density at radius 3 is 2.58 bits per heavy atom. The van der Waals surface area contributed by atoms with E-state index in [9.17, 15) is 4.79 Å². The highest BCUT2D eigenvalue weighted by Gasteiger charge is 2.62. The van der Waals surface area contributed by atoms with Crippen LogP contribution in [0.15, 0.2) is 0 Å². The van der Waals surface area contributed by atoms with Gasteiger partial charge in [0.2, 0.25) is 0 Å². The molecule has 3 aliphatic rings. The number of hydrogen-bond acceptors (Lipinski definition) is 2. The number of fused-ring (bicyclic) bond motifs is 1. The first kappa shape index (κ1) is 7.07. The van der Waals surface area contributed by atoms with E-state index >= 15 is 0 Å². The zero-order valence-electron chi connectivity index (χ0n) is 7.21. The van der Waals surface area contributed by atoms with Crippen molar-refractivity contribution in [1.82, 2.24) is 0 Å². The van der Waals surface area contributed by atoms with Crippen molar-refractivity contribution in [2.45, 2.75) is 50.2 Å². The Balaban J connectivity index is 1.85. The average molecular weight is 166 g/mol. The maximum Gasteiger partial charge on any atom is 0.170 e. The van der Waals surface area contributed by atoms with Gasteiger partial charge in [-0.25, -0.2) is 0 Å². The molecule has 0 amide bonds. The van der Waals surface area contributed by atoms with Crippen LogP contribution in [0.3, 0.4) is 0 Å². The summed E-state index contributed by atoms with van der Waals surface area (Å²) in [7, 11) is 0. The fourth-order valence-corrected chi connectivity index (χ4v) is 2.75. The number of hydrogen-bond donors (Lipinski definition) is 0. The van der Waals surface area contributed by atoms with Crippen LogP contribution in [0.1, 0.15) is 38.5 Å². The zero-order valence-corrected chi connectivity index (χ0v) is 7.21. The number of Topliss-reactive ketones (excluding diaryl/α,β-unsaturated/α-hetero) is 1.